The van der Waals surface area contributed by atoms with Crippen LogP contribution in [0.1, 0.15) is 74.7 Å². The van der Waals surface area contributed by atoms with Gasteiger partial charge in [0.1, 0.15) is 5.60 Å². The van der Waals surface area contributed by atoms with Crippen LogP contribution in [-0.2, 0) is 28.7 Å². The summed E-state index contributed by atoms with van der Waals surface area (Å²) in [5, 5.41) is 10.5. The number of ether oxygens (including phenoxy) is 2. The molecular formula is C27H41FN2O7. The molecule has 0 aliphatic carbocycles. The molecule has 0 aromatic heterocycles. The van der Waals surface area contributed by atoms with E-state index in [0.717, 1.165) is 6.42 Å². The number of ketones is 2. The summed E-state index contributed by atoms with van der Waals surface area (Å²) < 4.78 is 26.2. The maximum Gasteiger partial charge on any atom is 0.236 e. The van der Waals surface area contributed by atoms with E-state index in [2.05, 4.69) is 0 Å². The lowest BCUT2D eigenvalue weighted by molar-refractivity contribution is -0.156. The molecule has 0 aromatic carbocycles. The van der Waals surface area contributed by atoms with E-state index >= 15 is 0 Å². The Morgan fingerprint density at radius 3 is 1.65 bits per heavy atom. The summed E-state index contributed by atoms with van der Waals surface area (Å²) in [6.45, 7) is 10.7. The predicted molar refractivity (Wildman–Crippen MR) is 134 cm³/mol. The SMILES string of the molecule is C.CC[C@H]1O[C@@H](N2C=CC(=O)CC2=O)[C@@](C)(O)[C@@H]1C.CC[C@H]1O[C@@H](N2C=CC(=O)CC2=O)[C@](C)(F)[C@@H]1C. The van der Waals surface area contributed by atoms with Gasteiger partial charge in [0.25, 0.3) is 0 Å². The molecule has 37 heavy (non-hydrogen) atoms. The van der Waals surface area contributed by atoms with Crippen LogP contribution < -0.4 is 0 Å². The molecule has 4 aliphatic heterocycles. The zero-order valence-electron chi connectivity index (χ0n) is 21.8. The van der Waals surface area contributed by atoms with Crippen molar-refractivity contribution in [3.63, 3.8) is 0 Å². The predicted octanol–water partition coefficient (Wildman–Crippen LogP) is 3.26. The van der Waals surface area contributed by atoms with Gasteiger partial charge in [0.15, 0.2) is 29.7 Å². The highest BCUT2D eigenvalue weighted by Crippen LogP contribution is 2.42. The molecule has 0 saturated carbocycles. The van der Waals surface area contributed by atoms with Crippen molar-refractivity contribution in [1.29, 1.82) is 0 Å². The molecule has 0 unspecified atom stereocenters. The molecule has 8 atom stereocenters. The number of nitrogens with zero attached hydrogens (tertiary/aromatic N) is 2. The minimum absolute atomic E-state index is 0. The van der Waals surface area contributed by atoms with Crippen LogP contribution in [0.25, 0.3) is 0 Å². The van der Waals surface area contributed by atoms with E-state index in [1.807, 2.05) is 20.8 Å². The number of alkyl halides is 1. The van der Waals surface area contributed by atoms with Crippen LogP contribution in [0.2, 0.25) is 0 Å². The van der Waals surface area contributed by atoms with Gasteiger partial charge in [0.05, 0.1) is 25.0 Å². The Morgan fingerprint density at radius 1 is 0.865 bits per heavy atom. The summed E-state index contributed by atoms with van der Waals surface area (Å²) in [5.74, 6) is -1.54. The van der Waals surface area contributed by atoms with Gasteiger partial charge in [-0.2, -0.15) is 0 Å². The van der Waals surface area contributed by atoms with Gasteiger partial charge in [-0.15, -0.1) is 0 Å². The van der Waals surface area contributed by atoms with Crippen molar-refractivity contribution in [2.24, 2.45) is 11.8 Å². The van der Waals surface area contributed by atoms with E-state index in [1.165, 1.54) is 41.3 Å². The number of carbonyl (C=O) groups is 4. The quantitative estimate of drug-likeness (QED) is 0.562. The van der Waals surface area contributed by atoms with Gasteiger partial charge in [-0.3, -0.25) is 29.0 Å². The third-order valence-electron chi connectivity index (χ3n) is 7.90. The fourth-order valence-corrected chi connectivity index (χ4v) is 5.12. The van der Waals surface area contributed by atoms with Gasteiger partial charge >= 0.3 is 0 Å². The zero-order valence-corrected chi connectivity index (χ0v) is 21.8. The average molecular weight is 525 g/mol. The standard InChI is InChI=1S/C13H18FNO3.C13H19NO4.CH4/c1-4-10-8(2)13(3,14)12(18-10)15-6-5-9(16)7-11(15)17;1-4-10-8(2)13(3,17)12(18-10)14-6-5-9(15)7-11(14)16;/h5-6,8,10,12H,4,7H2,1-3H3;5-6,8,10,12,17H,4,7H2,1-3H3;1H4/t8-,10-,12-,13-;8-,10-,12-,13+;/m11./s1. The first-order valence-corrected chi connectivity index (χ1v) is 12.5. The van der Waals surface area contributed by atoms with E-state index in [9.17, 15) is 28.7 Å². The molecular weight excluding hydrogens is 483 g/mol. The molecule has 1 N–H and O–H groups in total. The monoisotopic (exact) mass is 524 g/mol. The molecule has 208 valence electrons. The lowest BCUT2D eigenvalue weighted by Gasteiger charge is -2.35. The smallest absolute Gasteiger partial charge is 0.236 e. The van der Waals surface area contributed by atoms with E-state index in [0.29, 0.717) is 6.42 Å². The summed E-state index contributed by atoms with van der Waals surface area (Å²) in [7, 11) is 0. The fraction of sp³-hybridized carbons (Fsp3) is 0.704. The van der Waals surface area contributed by atoms with Crippen LogP contribution >= 0.6 is 0 Å². The van der Waals surface area contributed by atoms with Gasteiger partial charge in [-0.05, 0) is 38.8 Å². The highest BCUT2D eigenvalue weighted by atomic mass is 19.1. The van der Waals surface area contributed by atoms with Crippen LogP contribution in [0.3, 0.4) is 0 Å². The molecule has 4 rings (SSSR count). The minimum atomic E-state index is -1.61. The zero-order chi connectivity index (χ0) is 27.0. The summed E-state index contributed by atoms with van der Waals surface area (Å²) in [4.78, 5) is 48.4. The van der Waals surface area contributed by atoms with Gasteiger partial charge in [0.2, 0.25) is 11.8 Å². The summed E-state index contributed by atoms with van der Waals surface area (Å²) >= 11 is 0. The number of rotatable bonds is 4. The Bertz CT molecular complexity index is 884. The van der Waals surface area contributed by atoms with Gasteiger partial charge in [0, 0.05) is 24.2 Å². The number of carbonyl (C=O) groups excluding carboxylic acids is 4. The Kier molecular flexibility index (Phi) is 9.60. The summed E-state index contributed by atoms with van der Waals surface area (Å²) in [6, 6.07) is 0. The molecule has 2 amide bonds. The maximum absolute atomic E-state index is 14.7. The normalized spacial score (nSPS) is 39.6. The number of allylic oxidation sites excluding steroid dienone is 2. The summed E-state index contributed by atoms with van der Waals surface area (Å²) in [6.07, 6.45) is 4.57. The van der Waals surface area contributed by atoms with Gasteiger partial charge in [-0.1, -0.05) is 35.1 Å². The molecule has 0 bridgehead atoms. The minimum Gasteiger partial charge on any atom is -0.385 e. The third-order valence-corrected chi connectivity index (χ3v) is 7.90. The topological polar surface area (TPSA) is 113 Å². The molecule has 0 spiro atoms. The Labute approximate surface area is 218 Å². The van der Waals surface area contributed by atoms with Crippen molar-refractivity contribution in [3.8, 4) is 0 Å². The highest BCUT2D eigenvalue weighted by molar-refractivity contribution is 6.07. The average Bonchev–Trinajstić information content (AvgIpc) is 3.17. The van der Waals surface area contributed by atoms with Crippen LogP contribution in [0.15, 0.2) is 24.6 Å². The molecule has 0 aromatic rings. The van der Waals surface area contributed by atoms with E-state index in [1.54, 1.807) is 13.8 Å². The third kappa shape index (κ3) is 5.86. The van der Waals surface area contributed by atoms with Gasteiger partial charge in [-0.25, -0.2) is 4.39 Å². The van der Waals surface area contributed by atoms with Crippen LogP contribution in [0, 0.1) is 11.8 Å². The molecule has 4 aliphatic rings. The number of hydrogen-bond acceptors (Lipinski definition) is 7. The maximum atomic E-state index is 14.7. The summed E-state index contributed by atoms with van der Waals surface area (Å²) in [5.41, 5.74) is -2.72. The first-order valence-electron chi connectivity index (χ1n) is 12.5. The van der Waals surface area contributed by atoms with Crippen LogP contribution in [0.4, 0.5) is 4.39 Å². The number of aliphatic hydroxyl groups is 1. The van der Waals surface area contributed by atoms with Crippen LogP contribution in [0.5, 0.6) is 0 Å². The fourth-order valence-electron chi connectivity index (χ4n) is 5.12. The van der Waals surface area contributed by atoms with E-state index in [-0.39, 0.29) is 61.8 Å². The lowest BCUT2D eigenvalue weighted by Crippen LogP contribution is -2.51. The molecule has 2 fully saturated rings. The molecule has 0 radical (unpaired) electrons. The first kappa shape index (κ1) is 30.8. The van der Waals surface area contributed by atoms with Crippen molar-refractivity contribution in [3.05, 3.63) is 24.6 Å². The van der Waals surface area contributed by atoms with Crippen molar-refractivity contribution in [2.75, 3.05) is 0 Å². The Balaban J connectivity index is 0.000000253. The molecule has 10 heteroatoms. The van der Waals surface area contributed by atoms with Crippen molar-refractivity contribution in [1.82, 2.24) is 9.80 Å². The van der Waals surface area contributed by atoms with Crippen molar-refractivity contribution >= 4 is 23.4 Å². The number of halogens is 1. The highest BCUT2D eigenvalue weighted by Gasteiger charge is 2.55. The second-order valence-electron chi connectivity index (χ2n) is 10.3. The van der Waals surface area contributed by atoms with E-state index < -0.39 is 29.6 Å². The number of hydrogen-bond donors (Lipinski definition) is 1. The number of amides is 2. The Hall–Kier alpha value is -2.43. The van der Waals surface area contributed by atoms with E-state index in [4.69, 9.17) is 9.47 Å². The molecule has 2 saturated heterocycles. The first-order chi connectivity index (χ1) is 16.7. The molecule has 9 nitrogen and oxygen atoms in total. The second-order valence-corrected chi connectivity index (χ2v) is 10.3. The molecule has 4 heterocycles. The van der Waals surface area contributed by atoms with Crippen LogP contribution in [-0.4, -0.2) is 74.2 Å². The Morgan fingerprint density at radius 2 is 1.27 bits per heavy atom. The van der Waals surface area contributed by atoms with Crippen molar-refractivity contribution in [2.45, 2.75) is 111 Å². The second kappa shape index (κ2) is 11.5. The largest absolute Gasteiger partial charge is 0.385 e. The van der Waals surface area contributed by atoms with Gasteiger partial charge < -0.3 is 14.6 Å². The lowest BCUT2D eigenvalue weighted by atomic mass is 9.86. The van der Waals surface area contributed by atoms with Crippen molar-refractivity contribution < 1.29 is 38.1 Å².